The fourth-order valence-electron chi connectivity index (χ4n) is 3.06. The minimum atomic E-state index is 0.246. The Balaban J connectivity index is 1.74. The largest absolute Gasteiger partial charge is 0.508 e. The molecule has 0 spiro atoms. The molecule has 1 aliphatic rings. The number of phenolic OH excluding ortho intramolecular Hbond substituents is 1. The summed E-state index contributed by atoms with van der Waals surface area (Å²) >= 11 is 0. The molecule has 0 aliphatic heterocycles. The smallest absolute Gasteiger partial charge is 0.119 e. The number of nitrogens with one attached hydrogen (secondary N) is 1. The number of hydrogen-bond acceptors (Lipinski definition) is 3. The zero-order valence-electron chi connectivity index (χ0n) is 12.9. The van der Waals surface area contributed by atoms with E-state index in [0.717, 1.165) is 18.4 Å². The van der Waals surface area contributed by atoms with Crippen LogP contribution in [0, 0.1) is 0 Å². The van der Waals surface area contributed by atoms with Crippen LogP contribution in [0.1, 0.15) is 62.0 Å². The molecular formula is C17H23N3O. The van der Waals surface area contributed by atoms with E-state index in [1.165, 1.54) is 11.1 Å². The molecule has 2 N–H and O–H groups in total. The summed E-state index contributed by atoms with van der Waals surface area (Å²) in [4.78, 5) is 0. The molecule has 0 amide bonds. The number of rotatable bonds is 4. The van der Waals surface area contributed by atoms with Crippen molar-refractivity contribution in [2.75, 3.05) is 0 Å². The first-order valence-corrected chi connectivity index (χ1v) is 7.67. The maximum Gasteiger partial charge on any atom is 0.119 e. The summed E-state index contributed by atoms with van der Waals surface area (Å²) in [6.45, 7) is 6.43. The molecule has 1 heterocycles. The van der Waals surface area contributed by atoms with E-state index in [1.54, 1.807) is 6.07 Å². The van der Waals surface area contributed by atoms with Crippen molar-refractivity contribution in [3.05, 3.63) is 47.3 Å². The quantitative estimate of drug-likeness (QED) is 0.904. The van der Waals surface area contributed by atoms with Gasteiger partial charge in [-0.2, -0.15) is 5.10 Å². The van der Waals surface area contributed by atoms with Gasteiger partial charge in [0.05, 0.1) is 6.20 Å². The van der Waals surface area contributed by atoms with Crippen LogP contribution < -0.4 is 5.32 Å². The molecular weight excluding hydrogens is 262 g/mol. The van der Waals surface area contributed by atoms with Crippen molar-refractivity contribution >= 4 is 0 Å². The molecule has 1 aromatic carbocycles. The highest BCUT2D eigenvalue weighted by Gasteiger charge is 2.26. The highest BCUT2D eigenvalue weighted by atomic mass is 16.3. The van der Waals surface area contributed by atoms with Gasteiger partial charge < -0.3 is 10.4 Å². The molecule has 0 unspecified atom stereocenters. The Labute approximate surface area is 125 Å². The average molecular weight is 285 g/mol. The molecule has 0 bridgehead atoms. The van der Waals surface area contributed by atoms with Crippen molar-refractivity contribution in [1.82, 2.24) is 15.1 Å². The molecule has 1 aromatic heterocycles. The Kier molecular flexibility index (Phi) is 3.72. The van der Waals surface area contributed by atoms with E-state index in [9.17, 15) is 5.11 Å². The Bertz CT molecular complexity index is 633. The van der Waals surface area contributed by atoms with Gasteiger partial charge in [-0.15, -0.1) is 0 Å². The van der Waals surface area contributed by atoms with Crippen LogP contribution in [-0.2, 0) is 6.42 Å². The van der Waals surface area contributed by atoms with E-state index in [1.807, 2.05) is 16.9 Å². The molecule has 0 radical (unpaired) electrons. The lowest BCUT2D eigenvalue weighted by Crippen LogP contribution is -2.22. The SMILES string of the molecule is CC(C)n1cc([C@@H](C)N[C@@H]2CCc3c(O)cccc32)cn1. The molecule has 4 heteroatoms. The van der Waals surface area contributed by atoms with Crippen LogP contribution in [0.15, 0.2) is 30.6 Å². The van der Waals surface area contributed by atoms with Gasteiger partial charge in [0.15, 0.2) is 0 Å². The molecule has 0 saturated heterocycles. The number of nitrogens with zero attached hydrogens (tertiary/aromatic N) is 2. The third kappa shape index (κ3) is 2.68. The van der Waals surface area contributed by atoms with E-state index in [4.69, 9.17) is 0 Å². The maximum atomic E-state index is 9.92. The molecule has 2 atom stereocenters. The second-order valence-corrected chi connectivity index (χ2v) is 6.17. The number of phenols is 1. The van der Waals surface area contributed by atoms with Crippen LogP contribution >= 0.6 is 0 Å². The van der Waals surface area contributed by atoms with Crippen molar-refractivity contribution < 1.29 is 5.11 Å². The van der Waals surface area contributed by atoms with Gasteiger partial charge in [-0.1, -0.05) is 12.1 Å². The highest BCUT2D eigenvalue weighted by molar-refractivity contribution is 5.44. The monoisotopic (exact) mass is 285 g/mol. The summed E-state index contributed by atoms with van der Waals surface area (Å²) in [6.07, 6.45) is 6.03. The van der Waals surface area contributed by atoms with E-state index < -0.39 is 0 Å². The van der Waals surface area contributed by atoms with Gasteiger partial charge in [0, 0.05) is 29.9 Å². The Hall–Kier alpha value is -1.81. The first-order valence-electron chi connectivity index (χ1n) is 7.67. The third-order valence-corrected chi connectivity index (χ3v) is 4.35. The molecule has 3 rings (SSSR count). The zero-order valence-corrected chi connectivity index (χ0v) is 12.9. The van der Waals surface area contributed by atoms with Crippen LogP contribution in [0.5, 0.6) is 5.75 Å². The summed E-state index contributed by atoms with van der Waals surface area (Å²) in [5, 5.41) is 18.0. The summed E-state index contributed by atoms with van der Waals surface area (Å²) in [7, 11) is 0. The van der Waals surface area contributed by atoms with Gasteiger partial charge >= 0.3 is 0 Å². The molecule has 0 fully saturated rings. The molecule has 1 aliphatic carbocycles. The van der Waals surface area contributed by atoms with E-state index in [-0.39, 0.29) is 6.04 Å². The van der Waals surface area contributed by atoms with Crippen LogP contribution in [0.2, 0.25) is 0 Å². The van der Waals surface area contributed by atoms with Gasteiger partial charge in [-0.05, 0) is 50.8 Å². The Morgan fingerprint density at radius 2 is 2.14 bits per heavy atom. The van der Waals surface area contributed by atoms with Crippen molar-refractivity contribution in [3.8, 4) is 5.75 Å². The fourth-order valence-corrected chi connectivity index (χ4v) is 3.06. The Morgan fingerprint density at radius 3 is 2.86 bits per heavy atom. The van der Waals surface area contributed by atoms with Gasteiger partial charge in [0.1, 0.15) is 5.75 Å². The zero-order chi connectivity index (χ0) is 15.0. The normalized spacial score (nSPS) is 19.0. The van der Waals surface area contributed by atoms with Gasteiger partial charge in [-0.3, -0.25) is 4.68 Å². The fraction of sp³-hybridized carbons (Fsp3) is 0.471. The minimum absolute atomic E-state index is 0.246. The standard InChI is InChI=1S/C17H23N3O/c1-11(2)20-10-13(9-18-20)12(3)19-16-8-7-15-14(16)5-4-6-17(15)21/h4-6,9-12,16,19,21H,7-8H2,1-3H3/t12-,16-/m1/s1. The first-order chi connectivity index (χ1) is 10.1. The van der Waals surface area contributed by atoms with Crippen molar-refractivity contribution in [3.63, 3.8) is 0 Å². The van der Waals surface area contributed by atoms with E-state index in [2.05, 4.69) is 43.4 Å². The summed E-state index contributed by atoms with van der Waals surface area (Å²) in [5.41, 5.74) is 3.54. The number of fused-ring (bicyclic) bond motifs is 1. The third-order valence-electron chi connectivity index (χ3n) is 4.35. The van der Waals surface area contributed by atoms with E-state index in [0.29, 0.717) is 17.8 Å². The predicted molar refractivity (Wildman–Crippen MR) is 83.3 cm³/mol. The number of benzene rings is 1. The Morgan fingerprint density at radius 1 is 1.33 bits per heavy atom. The lowest BCUT2D eigenvalue weighted by atomic mass is 10.1. The number of aromatic hydroxyl groups is 1. The lowest BCUT2D eigenvalue weighted by molar-refractivity contribution is 0.463. The van der Waals surface area contributed by atoms with Crippen LogP contribution in [0.4, 0.5) is 0 Å². The molecule has 4 nitrogen and oxygen atoms in total. The van der Waals surface area contributed by atoms with Crippen LogP contribution in [0.3, 0.4) is 0 Å². The van der Waals surface area contributed by atoms with Crippen molar-refractivity contribution in [1.29, 1.82) is 0 Å². The average Bonchev–Trinajstić information content (AvgIpc) is 3.07. The molecule has 2 aromatic rings. The van der Waals surface area contributed by atoms with Crippen molar-refractivity contribution in [2.45, 2.75) is 51.7 Å². The lowest BCUT2D eigenvalue weighted by Gasteiger charge is -2.19. The minimum Gasteiger partial charge on any atom is -0.508 e. The summed E-state index contributed by atoms with van der Waals surface area (Å²) in [6, 6.07) is 6.76. The number of aromatic nitrogens is 2. The van der Waals surface area contributed by atoms with Crippen LogP contribution in [0.25, 0.3) is 0 Å². The summed E-state index contributed by atoms with van der Waals surface area (Å²) in [5.74, 6) is 0.428. The molecule has 21 heavy (non-hydrogen) atoms. The van der Waals surface area contributed by atoms with Crippen LogP contribution in [-0.4, -0.2) is 14.9 Å². The van der Waals surface area contributed by atoms with Gasteiger partial charge in [0.25, 0.3) is 0 Å². The van der Waals surface area contributed by atoms with E-state index >= 15 is 0 Å². The molecule has 112 valence electrons. The second kappa shape index (κ2) is 5.53. The second-order valence-electron chi connectivity index (χ2n) is 6.17. The van der Waals surface area contributed by atoms with Crippen molar-refractivity contribution in [2.24, 2.45) is 0 Å². The topological polar surface area (TPSA) is 50.1 Å². The predicted octanol–water partition coefficient (Wildman–Crippen LogP) is 3.51. The van der Waals surface area contributed by atoms with Gasteiger partial charge in [-0.25, -0.2) is 0 Å². The summed E-state index contributed by atoms with van der Waals surface area (Å²) < 4.78 is 1.99. The maximum absolute atomic E-state index is 9.92. The molecule has 0 saturated carbocycles. The first kappa shape index (κ1) is 14.1. The number of hydrogen-bond donors (Lipinski definition) is 2. The highest BCUT2D eigenvalue weighted by Crippen LogP contribution is 2.37. The van der Waals surface area contributed by atoms with Gasteiger partial charge in [0.2, 0.25) is 0 Å².